The van der Waals surface area contributed by atoms with E-state index in [1.165, 1.54) is 24.3 Å². The summed E-state index contributed by atoms with van der Waals surface area (Å²) in [5, 5.41) is 15.8. The van der Waals surface area contributed by atoms with Gasteiger partial charge in [-0.25, -0.2) is 0 Å². The molecule has 0 bridgehead atoms. The quantitative estimate of drug-likeness (QED) is 0.355. The minimum absolute atomic E-state index is 0.0181. The second-order valence-electron chi connectivity index (χ2n) is 6.06. The van der Waals surface area contributed by atoms with Gasteiger partial charge in [-0.2, -0.15) is 0 Å². The summed E-state index contributed by atoms with van der Waals surface area (Å²) < 4.78 is 4.86. The Morgan fingerprint density at radius 2 is 1.62 bits per heavy atom. The molecule has 0 aliphatic rings. The van der Waals surface area contributed by atoms with Crippen molar-refractivity contribution in [3.05, 3.63) is 75.8 Å². The fraction of sp³-hybridized carbons (Fsp3) is 0.250. The highest BCUT2D eigenvalue weighted by Gasteiger charge is 2.11. The van der Waals surface area contributed by atoms with E-state index in [0.717, 1.165) is 5.56 Å². The maximum Gasteiger partial charge on any atom is 0.308 e. The molecular weight excluding hydrogens is 378 g/mol. The highest BCUT2D eigenvalue weighted by atomic mass is 16.6. The lowest BCUT2D eigenvalue weighted by Gasteiger charge is -2.07. The fourth-order valence-electron chi connectivity index (χ4n) is 2.37. The molecule has 0 saturated carbocycles. The number of hydrogen-bond acceptors (Lipinski definition) is 6. The summed E-state index contributed by atoms with van der Waals surface area (Å²) in [7, 11) is 0. The van der Waals surface area contributed by atoms with Gasteiger partial charge in [0.15, 0.2) is 6.61 Å². The summed E-state index contributed by atoms with van der Waals surface area (Å²) in [4.78, 5) is 45.3. The Bertz CT molecular complexity index is 852. The van der Waals surface area contributed by atoms with Gasteiger partial charge in [-0.05, 0) is 24.1 Å². The van der Waals surface area contributed by atoms with Crippen LogP contribution in [0.25, 0.3) is 0 Å². The van der Waals surface area contributed by atoms with Crippen LogP contribution in [0.3, 0.4) is 0 Å². The molecule has 29 heavy (non-hydrogen) atoms. The molecule has 0 aliphatic heterocycles. The Hall–Kier alpha value is -3.75. The van der Waals surface area contributed by atoms with Crippen molar-refractivity contribution in [2.24, 2.45) is 0 Å². The largest absolute Gasteiger partial charge is 0.456 e. The van der Waals surface area contributed by atoms with E-state index in [4.69, 9.17) is 4.74 Å². The zero-order valence-electron chi connectivity index (χ0n) is 15.6. The minimum atomic E-state index is -0.618. The molecule has 0 aromatic heterocycles. The molecule has 2 amide bonds. The average Bonchev–Trinajstić information content (AvgIpc) is 2.73. The van der Waals surface area contributed by atoms with Crippen LogP contribution < -0.4 is 10.6 Å². The van der Waals surface area contributed by atoms with Gasteiger partial charge in [0.1, 0.15) is 0 Å². The highest BCUT2D eigenvalue weighted by Crippen LogP contribution is 2.11. The molecule has 2 aromatic carbocycles. The molecule has 0 radical (unpaired) electrons. The van der Waals surface area contributed by atoms with E-state index in [2.05, 4.69) is 10.6 Å². The molecule has 9 heteroatoms. The normalized spacial score (nSPS) is 10.1. The smallest absolute Gasteiger partial charge is 0.308 e. The minimum Gasteiger partial charge on any atom is -0.456 e. The number of rotatable bonds is 10. The Labute approximate surface area is 167 Å². The van der Waals surface area contributed by atoms with Crippen LogP contribution in [0.15, 0.2) is 54.6 Å². The molecule has 0 saturated heterocycles. The summed E-state index contributed by atoms with van der Waals surface area (Å²) >= 11 is 0. The second kappa shape index (κ2) is 11.2. The van der Waals surface area contributed by atoms with Crippen molar-refractivity contribution in [2.75, 3.05) is 19.7 Å². The SMILES string of the molecule is O=C(COC(=O)CCNC(=O)c1ccc([N+](=O)[O-])cc1)NCCc1ccccc1. The zero-order valence-corrected chi connectivity index (χ0v) is 15.6. The van der Waals surface area contributed by atoms with Crippen molar-refractivity contribution in [1.29, 1.82) is 0 Å². The lowest BCUT2D eigenvalue weighted by atomic mass is 10.1. The second-order valence-corrected chi connectivity index (χ2v) is 6.06. The number of non-ortho nitro benzene ring substituents is 1. The number of nitrogens with one attached hydrogen (secondary N) is 2. The Morgan fingerprint density at radius 1 is 0.931 bits per heavy atom. The van der Waals surface area contributed by atoms with Gasteiger partial charge < -0.3 is 15.4 Å². The number of nitro groups is 1. The van der Waals surface area contributed by atoms with E-state index in [-0.39, 0.29) is 30.8 Å². The number of nitro benzene ring substituents is 1. The van der Waals surface area contributed by atoms with Gasteiger partial charge in [0.25, 0.3) is 17.5 Å². The summed E-state index contributed by atoms with van der Waals surface area (Å²) in [5.74, 6) is -1.48. The number of carbonyl (C=O) groups is 3. The summed E-state index contributed by atoms with van der Waals surface area (Å²) in [6.07, 6.45) is 0.575. The van der Waals surface area contributed by atoms with E-state index >= 15 is 0 Å². The molecule has 0 spiro atoms. The molecule has 9 nitrogen and oxygen atoms in total. The Kier molecular flexibility index (Phi) is 8.30. The number of hydrogen-bond donors (Lipinski definition) is 2. The number of esters is 1. The van der Waals surface area contributed by atoms with Crippen LogP contribution in [0.4, 0.5) is 5.69 Å². The van der Waals surface area contributed by atoms with Gasteiger partial charge in [-0.1, -0.05) is 30.3 Å². The molecule has 0 atom stereocenters. The van der Waals surface area contributed by atoms with E-state index < -0.39 is 22.7 Å². The van der Waals surface area contributed by atoms with Crippen LogP contribution >= 0.6 is 0 Å². The first-order valence-electron chi connectivity index (χ1n) is 8.94. The Balaban J connectivity index is 1.59. The topological polar surface area (TPSA) is 128 Å². The number of ether oxygens (including phenoxy) is 1. The zero-order chi connectivity index (χ0) is 21.1. The third-order valence-corrected chi connectivity index (χ3v) is 3.90. The van der Waals surface area contributed by atoms with Gasteiger partial charge in [-0.3, -0.25) is 24.5 Å². The van der Waals surface area contributed by atoms with Gasteiger partial charge in [0.2, 0.25) is 0 Å². The van der Waals surface area contributed by atoms with E-state index in [9.17, 15) is 24.5 Å². The van der Waals surface area contributed by atoms with Crippen LogP contribution in [0.1, 0.15) is 22.3 Å². The molecule has 0 unspecified atom stereocenters. The van der Waals surface area contributed by atoms with Crippen LogP contribution in [-0.4, -0.2) is 42.4 Å². The molecule has 0 fully saturated rings. The third kappa shape index (κ3) is 7.79. The maximum atomic E-state index is 11.9. The molecular formula is C20H21N3O6. The standard InChI is InChI=1S/C20H21N3O6/c24-18(21-12-10-15-4-2-1-3-5-15)14-29-19(25)11-13-22-20(26)16-6-8-17(9-7-16)23(27)28/h1-9H,10-14H2,(H,21,24)(H,22,26). The molecule has 2 rings (SSSR count). The lowest BCUT2D eigenvalue weighted by molar-refractivity contribution is -0.384. The molecule has 2 aromatic rings. The predicted molar refractivity (Wildman–Crippen MR) is 104 cm³/mol. The van der Waals surface area contributed by atoms with Crippen LogP contribution in [0.5, 0.6) is 0 Å². The molecule has 2 N–H and O–H groups in total. The summed E-state index contributed by atoms with van der Waals surface area (Å²) in [6, 6.07) is 14.7. The predicted octanol–water partition coefficient (Wildman–Crippen LogP) is 1.62. The maximum absolute atomic E-state index is 11.9. The van der Waals surface area contributed by atoms with Crippen molar-refractivity contribution < 1.29 is 24.0 Å². The van der Waals surface area contributed by atoms with Crippen molar-refractivity contribution in [3.63, 3.8) is 0 Å². The van der Waals surface area contributed by atoms with Gasteiger partial charge in [0, 0.05) is 30.8 Å². The van der Waals surface area contributed by atoms with Crippen molar-refractivity contribution in [1.82, 2.24) is 10.6 Å². The number of amides is 2. The van der Waals surface area contributed by atoms with Crippen LogP contribution in [-0.2, 0) is 20.7 Å². The molecule has 152 valence electrons. The lowest BCUT2D eigenvalue weighted by Crippen LogP contribution is -2.31. The average molecular weight is 399 g/mol. The van der Waals surface area contributed by atoms with Gasteiger partial charge >= 0.3 is 5.97 Å². The van der Waals surface area contributed by atoms with Gasteiger partial charge in [-0.15, -0.1) is 0 Å². The van der Waals surface area contributed by atoms with Crippen LogP contribution in [0, 0.1) is 10.1 Å². The third-order valence-electron chi connectivity index (χ3n) is 3.90. The monoisotopic (exact) mass is 399 g/mol. The van der Waals surface area contributed by atoms with Crippen LogP contribution in [0.2, 0.25) is 0 Å². The number of benzene rings is 2. The van der Waals surface area contributed by atoms with Crippen molar-refractivity contribution in [3.8, 4) is 0 Å². The number of nitrogens with zero attached hydrogens (tertiary/aromatic N) is 1. The van der Waals surface area contributed by atoms with Crippen molar-refractivity contribution >= 4 is 23.5 Å². The van der Waals surface area contributed by atoms with E-state index in [1.54, 1.807) is 0 Å². The van der Waals surface area contributed by atoms with Crippen molar-refractivity contribution in [2.45, 2.75) is 12.8 Å². The highest BCUT2D eigenvalue weighted by molar-refractivity contribution is 5.94. The first-order chi connectivity index (χ1) is 14.0. The summed E-state index contributed by atoms with van der Waals surface area (Å²) in [5.41, 5.74) is 1.21. The van der Waals surface area contributed by atoms with E-state index in [1.807, 2.05) is 30.3 Å². The Morgan fingerprint density at radius 3 is 2.28 bits per heavy atom. The molecule has 0 aliphatic carbocycles. The first kappa shape index (κ1) is 21.5. The molecule has 0 heterocycles. The van der Waals surface area contributed by atoms with E-state index in [0.29, 0.717) is 13.0 Å². The van der Waals surface area contributed by atoms with Gasteiger partial charge in [0.05, 0.1) is 11.3 Å². The fourth-order valence-corrected chi connectivity index (χ4v) is 2.37. The summed E-state index contributed by atoms with van der Waals surface area (Å²) in [6.45, 7) is 0.0693. The first-order valence-corrected chi connectivity index (χ1v) is 8.94. The number of carbonyl (C=O) groups excluding carboxylic acids is 3.